The molecule has 0 bridgehead atoms. The smallest absolute Gasteiger partial charge is 0.316 e. The fourth-order valence-corrected chi connectivity index (χ4v) is 2.61. The summed E-state index contributed by atoms with van der Waals surface area (Å²) in [6, 6.07) is 3.86. The van der Waals surface area contributed by atoms with Gasteiger partial charge in [0, 0.05) is 12.4 Å². The van der Waals surface area contributed by atoms with Gasteiger partial charge in [0.2, 0.25) is 0 Å². The van der Waals surface area contributed by atoms with Gasteiger partial charge in [-0.1, -0.05) is 25.3 Å². The third-order valence-corrected chi connectivity index (χ3v) is 3.50. The van der Waals surface area contributed by atoms with Gasteiger partial charge in [0.15, 0.2) is 0 Å². The molecule has 1 aliphatic rings. The minimum atomic E-state index is -0.443. The van der Waals surface area contributed by atoms with Gasteiger partial charge in [-0.25, -0.2) is 0 Å². The third-order valence-electron chi connectivity index (χ3n) is 3.50. The molecule has 1 saturated carbocycles. The molecule has 3 heteroatoms. The number of esters is 1. The summed E-state index contributed by atoms with van der Waals surface area (Å²) in [6.45, 7) is 0. The van der Waals surface area contributed by atoms with Crippen molar-refractivity contribution < 1.29 is 9.53 Å². The summed E-state index contributed by atoms with van der Waals surface area (Å²) >= 11 is 0. The number of carbonyl (C=O) groups is 1. The summed E-state index contributed by atoms with van der Waals surface area (Å²) in [5.74, 6) is -0.111. The van der Waals surface area contributed by atoms with E-state index < -0.39 is 5.41 Å². The van der Waals surface area contributed by atoms with Crippen LogP contribution in [-0.4, -0.2) is 18.1 Å². The van der Waals surface area contributed by atoms with E-state index in [1.165, 1.54) is 13.5 Å². The molecular formula is C13H17NO2. The Morgan fingerprint density at radius 2 is 2.12 bits per heavy atom. The van der Waals surface area contributed by atoms with E-state index in [2.05, 4.69) is 4.98 Å². The molecule has 86 valence electrons. The highest BCUT2D eigenvalue weighted by atomic mass is 16.5. The van der Waals surface area contributed by atoms with Crippen molar-refractivity contribution in [1.29, 1.82) is 0 Å². The van der Waals surface area contributed by atoms with E-state index in [9.17, 15) is 4.79 Å². The normalized spacial score (nSPS) is 19.1. The topological polar surface area (TPSA) is 39.2 Å². The zero-order valence-corrected chi connectivity index (χ0v) is 9.61. The van der Waals surface area contributed by atoms with Crippen LogP contribution in [0.25, 0.3) is 0 Å². The van der Waals surface area contributed by atoms with Gasteiger partial charge in [0.05, 0.1) is 12.5 Å². The molecule has 0 spiro atoms. The van der Waals surface area contributed by atoms with Gasteiger partial charge in [0.1, 0.15) is 0 Å². The molecule has 2 rings (SSSR count). The first-order valence-corrected chi connectivity index (χ1v) is 5.78. The van der Waals surface area contributed by atoms with Gasteiger partial charge in [0.25, 0.3) is 0 Å². The lowest BCUT2D eigenvalue weighted by atomic mass is 9.70. The summed E-state index contributed by atoms with van der Waals surface area (Å²) in [5, 5.41) is 0. The van der Waals surface area contributed by atoms with Crippen molar-refractivity contribution >= 4 is 5.97 Å². The fourth-order valence-electron chi connectivity index (χ4n) is 2.61. The maximum atomic E-state index is 12.0. The second kappa shape index (κ2) is 4.64. The lowest BCUT2D eigenvalue weighted by Crippen LogP contribution is -2.39. The van der Waals surface area contributed by atoms with Crippen molar-refractivity contribution in [2.24, 2.45) is 0 Å². The second-order valence-corrected chi connectivity index (χ2v) is 4.38. The SMILES string of the molecule is COC(=O)C1(c2cccnc2)CCCCC1. The van der Waals surface area contributed by atoms with E-state index >= 15 is 0 Å². The molecule has 0 unspecified atom stereocenters. The van der Waals surface area contributed by atoms with Crippen LogP contribution in [0.3, 0.4) is 0 Å². The minimum Gasteiger partial charge on any atom is -0.468 e. The van der Waals surface area contributed by atoms with Crippen LogP contribution < -0.4 is 0 Å². The Labute approximate surface area is 95.8 Å². The van der Waals surface area contributed by atoms with Crippen molar-refractivity contribution in [2.75, 3.05) is 7.11 Å². The number of hydrogen-bond donors (Lipinski definition) is 0. The number of nitrogens with zero attached hydrogens (tertiary/aromatic N) is 1. The molecule has 0 radical (unpaired) electrons. The molecule has 1 aromatic rings. The predicted molar refractivity (Wildman–Crippen MR) is 61.0 cm³/mol. The van der Waals surface area contributed by atoms with Gasteiger partial charge in [-0.3, -0.25) is 9.78 Å². The van der Waals surface area contributed by atoms with Crippen LogP contribution in [0.2, 0.25) is 0 Å². The molecule has 3 nitrogen and oxygen atoms in total. The van der Waals surface area contributed by atoms with Crippen LogP contribution in [0.5, 0.6) is 0 Å². The van der Waals surface area contributed by atoms with E-state index in [0.29, 0.717) is 0 Å². The Morgan fingerprint density at radius 1 is 1.38 bits per heavy atom. The Bertz CT molecular complexity index is 355. The molecule has 1 aliphatic carbocycles. The Morgan fingerprint density at radius 3 is 2.69 bits per heavy atom. The van der Waals surface area contributed by atoms with Gasteiger partial charge in [-0.05, 0) is 24.5 Å². The van der Waals surface area contributed by atoms with E-state index in [-0.39, 0.29) is 5.97 Å². The molecule has 16 heavy (non-hydrogen) atoms. The third kappa shape index (κ3) is 1.82. The van der Waals surface area contributed by atoms with Crippen molar-refractivity contribution in [1.82, 2.24) is 4.98 Å². The van der Waals surface area contributed by atoms with E-state index in [1.807, 2.05) is 12.1 Å². The largest absolute Gasteiger partial charge is 0.468 e. The average Bonchev–Trinajstić information content (AvgIpc) is 2.39. The summed E-state index contributed by atoms with van der Waals surface area (Å²) in [4.78, 5) is 16.2. The fraction of sp³-hybridized carbons (Fsp3) is 0.538. The standard InChI is InChI=1S/C13H17NO2/c1-16-12(15)13(7-3-2-4-8-13)11-6-5-9-14-10-11/h5-6,9-10H,2-4,7-8H2,1H3. The summed E-state index contributed by atoms with van der Waals surface area (Å²) < 4.78 is 4.98. The highest BCUT2D eigenvalue weighted by Crippen LogP contribution is 2.40. The molecule has 0 aromatic carbocycles. The Kier molecular flexibility index (Phi) is 3.22. The molecule has 0 saturated heterocycles. The monoisotopic (exact) mass is 219 g/mol. The van der Waals surface area contributed by atoms with E-state index in [4.69, 9.17) is 4.74 Å². The average molecular weight is 219 g/mol. The van der Waals surface area contributed by atoms with E-state index in [1.54, 1.807) is 12.4 Å². The van der Waals surface area contributed by atoms with Crippen LogP contribution in [-0.2, 0) is 14.9 Å². The highest BCUT2D eigenvalue weighted by Gasteiger charge is 2.42. The summed E-state index contributed by atoms with van der Waals surface area (Å²) in [6.07, 6.45) is 8.67. The molecule has 1 fully saturated rings. The molecule has 0 aliphatic heterocycles. The lowest BCUT2D eigenvalue weighted by Gasteiger charge is -2.34. The van der Waals surface area contributed by atoms with Crippen molar-refractivity contribution in [3.8, 4) is 0 Å². The summed E-state index contributed by atoms with van der Waals surface area (Å²) in [5.41, 5.74) is 0.558. The van der Waals surface area contributed by atoms with Crippen LogP contribution in [0, 0.1) is 0 Å². The van der Waals surface area contributed by atoms with Crippen molar-refractivity contribution in [2.45, 2.75) is 37.5 Å². The highest BCUT2D eigenvalue weighted by molar-refractivity contribution is 5.83. The number of methoxy groups -OCH3 is 1. The zero-order valence-electron chi connectivity index (χ0n) is 9.61. The Hall–Kier alpha value is -1.38. The van der Waals surface area contributed by atoms with Crippen LogP contribution in [0.15, 0.2) is 24.5 Å². The number of carbonyl (C=O) groups excluding carboxylic acids is 1. The number of hydrogen-bond acceptors (Lipinski definition) is 3. The predicted octanol–water partition coefficient (Wildman–Crippen LogP) is 2.46. The van der Waals surface area contributed by atoms with Gasteiger partial charge < -0.3 is 4.74 Å². The first-order valence-electron chi connectivity index (χ1n) is 5.78. The lowest BCUT2D eigenvalue weighted by molar-refractivity contribution is -0.149. The molecular weight excluding hydrogens is 202 g/mol. The van der Waals surface area contributed by atoms with Gasteiger partial charge >= 0.3 is 5.97 Å². The van der Waals surface area contributed by atoms with E-state index in [0.717, 1.165) is 31.2 Å². The first-order chi connectivity index (χ1) is 7.79. The molecule has 0 amide bonds. The minimum absolute atomic E-state index is 0.111. The van der Waals surface area contributed by atoms with Crippen LogP contribution in [0.1, 0.15) is 37.7 Å². The molecule has 1 aromatic heterocycles. The maximum Gasteiger partial charge on any atom is 0.316 e. The van der Waals surface area contributed by atoms with Crippen LogP contribution >= 0.6 is 0 Å². The summed E-state index contributed by atoms with van der Waals surface area (Å²) in [7, 11) is 1.47. The molecule has 0 N–H and O–H groups in total. The molecule has 1 heterocycles. The Balaban J connectivity index is 2.38. The zero-order chi connectivity index (χ0) is 11.4. The number of rotatable bonds is 2. The van der Waals surface area contributed by atoms with Gasteiger partial charge in [-0.2, -0.15) is 0 Å². The number of aromatic nitrogens is 1. The van der Waals surface area contributed by atoms with Crippen LogP contribution in [0.4, 0.5) is 0 Å². The first kappa shape index (κ1) is 11.1. The van der Waals surface area contributed by atoms with Gasteiger partial charge in [-0.15, -0.1) is 0 Å². The number of pyridine rings is 1. The second-order valence-electron chi connectivity index (χ2n) is 4.38. The number of ether oxygens (including phenoxy) is 1. The maximum absolute atomic E-state index is 12.0. The van der Waals surface area contributed by atoms with Crippen molar-refractivity contribution in [3.63, 3.8) is 0 Å². The molecule has 0 atom stereocenters. The quantitative estimate of drug-likeness (QED) is 0.717. The van der Waals surface area contributed by atoms with Crippen molar-refractivity contribution in [3.05, 3.63) is 30.1 Å².